The second-order valence-electron chi connectivity index (χ2n) is 6.79. The van der Waals surface area contributed by atoms with Gasteiger partial charge in [0, 0.05) is 13.1 Å². The van der Waals surface area contributed by atoms with Gasteiger partial charge in [-0.25, -0.2) is 4.39 Å². The SMILES string of the molecule is O=C(NCc1cccc(F)c1)c1cc2sccc2n1Cc1ccc2c(c1)OCO2. The molecule has 0 saturated carbocycles. The molecule has 4 aromatic rings. The van der Waals surface area contributed by atoms with E-state index in [4.69, 9.17) is 9.47 Å². The molecule has 0 radical (unpaired) electrons. The van der Waals surface area contributed by atoms with Crippen LogP contribution < -0.4 is 14.8 Å². The number of nitrogens with one attached hydrogen (secondary N) is 1. The first-order chi connectivity index (χ1) is 14.2. The standard InChI is InChI=1S/C22H17FN2O3S/c23-16-3-1-2-14(8-16)11-24-22(26)18-10-21-17(6-7-29-21)25(18)12-15-4-5-19-20(9-15)28-13-27-19/h1-10H,11-13H2,(H,24,26). The van der Waals surface area contributed by atoms with E-state index in [1.807, 2.05) is 40.3 Å². The zero-order valence-electron chi connectivity index (χ0n) is 15.4. The van der Waals surface area contributed by atoms with Gasteiger partial charge in [-0.3, -0.25) is 4.79 Å². The topological polar surface area (TPSA) is 52.5 Å². The number of benzene rings is 2. The number of halogens is 1. The highest BCUT2D eigenvalue weighted by molar-refractivity contribution is 7.17. The Hall–Kier alpha value is -3.32. The van der Waals surface area contributed by atoms with Gasteiger partial charge in [-0.2, -0.15) is 0 Å². The van der Waals surface area contributed by atoms with E-state index in [0.717, 1.165) is 21.5 Å². The quantitative estimate of drug-likeness (QED) is 0.527. The van der Waals surface area contributed by atoms with E-state index in [2.05, 4.69) is 5.32 Å². The Morgan fingerprint density at radius 1 is 1.07 bits per heavy atom. The summed E-state index contributed by atoms with van der Waals surface area (Å²) in [7, 11) is 0. The lowest BCUT2D eigenvalue weighted by atomic mass is 10.2. The van der Waals surface area contributed by atoms with Crippen molar-refractivity contribution in [1.29, 1.82) is 0 Å². The predicted octanol–water partition coefficient (Wildman–Crippen LogP) is 4.55. The van der Waals surface area contributed by atoms with E-state index < -0.39 is 0 Å². The number of ether oxygens (including phenoxy) is 2. The molecule has 1 N–H and O–H groups in total. The summed E-state index contributed by atoms with van der Waals surface area (Å²) in [6, 6.07) is 15.9. The van der Waals surface area contributed by atoms with Gasteiger partial charge in [0.05, 0.1) is 10.2 Å². The highest BCUT2D eigenvalue weighted by Gasteiger charge is 2.18. The van der Waals surface area contributed by atoms with Crippen LogP contribution in [-0.4, -0.2) is 17.3 Å². The molecule has 0 unspecified atom stereocenters. The maximum absolute atomic E-state index is 13.4. The fraction of sp³-hybridized carbons (Fsp3) is 0.136. The minimum absolute atomic E-state index is 0.196. The molecule has 1 amide bonds. The van der Waals surface area contributed by atoms with Crippen LogP contribution in [0.1, 0.15) is 21.6 Å². The Morgan fingerprint density at radius 2 is 1.97 bits per heavy atom. The molecule has 1 aliphatic rings. The van der Waals surface area contributed by atoms with Crippen molar-refractivity contribution < 1.29 is 18.7 Å². The number of rotatable bonds is 5. The first kappa shape index (κ1) is 17.8. The van der Waals surface area contributed by atoms with Crippen LogP contribution in [0, 0.1) is 5.82 Å². The van der Waals surface area contributed by atoms with E-state index in [-0.39, 0.29) is 25.1 Å². The highest BCUT2D eigenvalue weighted by atomic mass is 32.1. The molecule has 0 saturated heterocycles. The summed E-state index contributed by atoms with van der Waals surface area (Å²) in [6.07, 6.45) is 0. The third kappa shape index (κ3) is 3.45. The maximum atomic E-state index is 13.4. The zero-order valence-corrected chi connectivity index (χ0v) is 16.2. The molecule has 0 bridgehead atoms. The molecule has 7 heteroatoms. The van der Waals surface area contributed by atoms with Crippen molar-refractivity contribution >= 4 is 27.5 Å². The number of thiophene rings is 1. The molecule has 2 aromatic heterocycles. The van der Waals surface area contributed by atoms with Gasteiger partial charge in [0.25, 0.3) is 5.91 Å². The van der Waals surface area contributed by atoms with Gasteiger partial charge >= 0.3 is 0 Å². The first-order valence-corrected chi connectivity index (χ1v) is 10.0. The molecule has 0 spiro atoms. The summed E-state index contributed by atoms with van der Waals surface area (Å²) < 4.78 is 27.3. The minimum atomic E-state index is -0.316. The fourth-order valence-corrected chi connectivity index (χ4v) is 4.30. The summed E-state index contributed by atoms with van der Waals surface area (Å²) in [5, 5.41) is 4.90. The molecule has 0 atom stereocenters. The van der Waals surface area contributed by atoms with Crippen molar-refractivity contribution in [3.05, 3.63) is 82.6 Å². The molecule has 29 heavy (non-hydrogen) atoms. The van der Waals surface area contributed by atoms with Crippen molar-refractivity contribution in [2.24, 2.45) is 0 Å². The number of amides is 1. The number of carbonyl (C=O) groups excluding carboxylic acids is 1. The van der Waals surface area contributed by atoms with Crippen LogP contribution in [0.3, 0.4) is 0 Å². The summed E-state index contributed by atoms with van der Waals surface area (Å²) in [5.41, 5.74) is 3.30. The van der Waals surface area contributed by atoms with Gasteiger partial charge in [-0.1, -0.05) is 18.2 Å². The van der Waals surface area contributed by atoms with Gasteiger partial charge in [0.1, 0.15) is 11.5 Å². The van der Waals surface area contributed by atoms with Crippen LogP contribution >= 0.6 is 11.3 Å². The number of nitrogens with zero attached hydrogens (tertiary/aromatic N) is 1. The Labute approximate surface area is 170 Å². The molecule has 146 valence electrons. The van der Waals surface area contributed by atoms with E-state index >= 15 is 0 Å². The third-order valence-electron chi connectivity index (χ3n) is 4.88. The molecule has 3 heterocycles. The van der Waals surface area contributed by atoms with E-state index in [1.165, 1.54) is 12.1 Å². The molecule has 5 rings (SSSR count). The molecule has 1 aliphatic heterocycles. The predicted molar refractivity (Wildman–Crippen MR) is 109 cm³/mol. The summed E-state index contributed by atoms with van der Waals surface area (Å²) in [4.78, 5) is 12.9. The van der Waals surface area contributed by atoms with Crippen molar-refractivity contribution in [3.8, 4) is 11.5 Å². The minimum Gasteiger partial charge on any atom is -0.454 e. The van der Waals surface area contributed by atoms with E-state index in [1.54, 1.807) is 23.5 Å². The largest absolute Gasteiger partial charge is 0.454 e. The summed E-state index contributed by atoms with van der Waals surface area (Å²) in [6.45, 7) is 1.02. The lowest BCUT2D eigenvalue weighted by Crippen LogP contribution is -2.25. The van der Waals surface area contributed by atoms with Crippen LogP contribution in [0.2, 0.25) is 0 Å². The monoisotopic (exact) mass is 408 g/mol. The molecular formula is C22H17FN2O3S. The zero-order chi connectivity index (χ0) is 19.8. The second kappa shape index (κ2) is 7.25. The van der Waals surface area contributed by atoms with Gasteiger partial charge < -0.3 is 19.4 Å². The number of carbonyl (C=O) groups is 1. The Kier molecular flexibility index (Phi) is 4.44. The number of hydrogen-bond donors (Lipinski definition) is 1. The number of aromatic nitrogens is 1. The van der Waals surface area contributed by atoms with Crippen molar-refractivity contribution in [2.45, 2.75) is 13.1 Å². The van der Waals surface area contributed by atoms with Gasteiger partial charge in [0.2, 0.25) is 6.79 Å². The fourth-order valence-electron chi connectivity index (χ4n) is 3.48. The van der Waals surface area contributed by atoms with E-state index in [0.29, 0.717) is 23.6 Å². The molecular weight excluding hydrogens is 391 g/mol. The Morgan fingerprint density at radius 3 is 2.86 bits per heavy atom. The van der Waals surface area contributed by atoms with E-state index in [9.17, 15) is 9.18 Å². The number of hydrogen-bond acceptors (Lipinski definition) is 4. The van der Waals surface area contributed by atoms with Crippen LogP contribution in [0.15, 0.2) is 60.0 Å². The lowest BCUT2D eigenvalue weighted by Gasteiger charge is -2.12. The average molecular weight is 408 g/mol. The van der Waals surface area contributed by atoms with Crippen molar-refractivity contribution in [3.63, 3.8) is 0 Å². The normalized spacial score (nSPS) is 12.4. The third-order valence-corrected chi connectivity index (χ3v) is 5.73. The van der Waals surface area contributed by atoms with Crippen molar-refractivity contribution in [2.75, 3.05) is 6.79 Å². The molecule has 2 aromatic carbocycles. The highest BCUT2D eigenvalue weighted by Crippen LogP contribution is 2.33. The number of fused-ring (bicyclic) bond motifs is 2. The van der Waals surface area contributed by atoms with Gasteiger partial charge in [-0.05, 0) is 52.9 Å². The summed E-state index contributed by atoms with van der Waals surface area (Å²) >= 11 is 1.59. The van der Waals surface area contributed by atoms with Gasteiger partial charge in [-0.15, -0.1) is 11.3 Å². The van der Waals surface area contributed by atoms with Crippen LogP contribution in [0.25, 0.3) is 10.2 Å². The second-order valence-corrected chi connectivity index (χ2v) is 7.73. The lowest BCUT2D eigenvalue weighted by molar-refractivity contribution is 0.0942. The van der Waals surface area contributed by atoms with Gasteiger partial charge in [0.15, 0.2) is 11.5 Å². The maximum Gasteiger partial charge on any atom is 0.268 e. The van der Waals surface area contributed by atoms with Crippen molar-refractivity contribution in [1.82, 2.24) is 9.88 Å². The van der Waals surface area contributed by atoms with Crippen LogP contribution in [0.5, 0.6) is 11.5 Å². The molecule has 0 fully saturated rings. The average Bonchev–Trinajstić information content (AvgIpc) is 3.43. The smallest absolute Gasteiger partial charge is 0.268 e. The van der Waals surface area contributed by atoms with Crippen LogP contribution in [0.4, 0.5) is 4.39 Å². The summed E-state index contributed by atoms with van der Waals surface area (Å²) in [5.74, 6) is 0.935. The Balaban J connectivity index is 1.42. The molecule has 5 nitrogen and oxygen atoms in total. The Bertz CT molecular complexity index is 1210. The first-order valence-electron chi connectivity index (χ1n) is 9.15. The van der Waals surface area contributed by atoms with Crippen LogP contribution in [-0.2, 0) is 13.1 Å². The molecule has 0 aliphatic carbocycles.